The van der Waals surface area contributed by atoms with Gasteiger partial charge in [0.05, 0.1) is 0 Å². The number of benzene rings is 2. The van der Waals surface area contributed by atoms with E-state index >= 15 is 0 Å². The minimum Gasteiger partial charge on any atom is -0.411 e. The van der Waals surface area contributed by atoms with Crippen LogP contribution in [0.5, 0.6) is 0 Å². The predicted molar refractivity (Wildman–Crippen MR) is 66.2 cm³/mol. The van der Waals surface area contributed by atoms with Crippen LogP contribution >= 0.6 is 0 Å². The Morgan fingerprint density at radius 3 is 1.89 bits per heavy atom. The Labute approximate surface area is 121 Å². The summed E-state index contributed by atoms with van der Waals surface area (Å²) in [4.78, 5) is 0. The fraction of sp³-hybridized carbons (Fsp3) is 0.0714. The molecular formula is C14H13AgNO2. The summed E-state index contributed by atoms with van der Waals surface area (Å²) in [6.07, 6.45) is -0.927. The molecule has 2 rings (SSSR count). The quantitative estimate of drug-likeness (QED) is 0.392. The topological polar surface area (TPSA) is 52.8 Å². The second-order valence-electron chi connectivity index (χ2n) is 3.66. The largest absolute Gasteiger partial charge is 0.411 e. The van der Waals surface area contributed by atoms with Crippen molar-refractivity contribution >= 4 is 5.71 Å². The maximum absolute atomic E-state index is 10.1. The maximum atomic E-state index is 10.1. The van der Waals surface area contributed by atoms with Crippen molar-refractivity contribution in [1.29, 1.82) is 0 Å². The van der Waals surface area contributed by atoms with Crippen LogP contribution in [0.4, 0.5) is 0 Å². The molecule has 18 heavy (non-hydrogen) atoms. The molecule has 0 aliphatic carbocycles. The molecule has 2 N–H and O–H groups in total. The van der Waals surface area contributed by atoms with Crippen LogP contribution in [0.1, 0.15) is 17.2 Å². The van der Waals surface area contributed by atoms with E-state index < -0.39 is 6.10 Å². The summed E-state index contributed by atoms with van der Waals surface area (Å²) in [6, 6.07) is 18.2. The number of rotatable bonds is 3. The zero-order chi connectivity index (χ0) is 12.1. The number of hydrogen-bond donors (Lipinski definition) is 2. The first kappa shape index (κ1) is 14.7. The van der Waals surface area contributed by atoms with Gasteiger partial charge in [-0.05, 0) is 5.56 Å². The monoisotopic (exact) mass is 334 g/mol. The van der Waals surface area contributed by atoms with Crippen molar-refractivity contribution in [3.63, 3.8) is 0 Å². The fourth-order valence-corrected chi connectivity index (χ4v) is 1.67. The van der Waals surface area contributed by atoms with Crippen LogP contribution < -0.4 is 0 Å². The summed E-state index contributed by atoms with van der Waals surface area (Å²) in [7, 11) is 0. The van der Waals surface area contributed by atoms with E-state index in [1.807, 2.05) is 36.4 Å². The Bertz CT molecular complexity index is 500. The van der Waals surface area contributed by atoms with Crippen LogP contribution in [0.15, 0.2) is 65.8 Å². The van der Waals surface area contributed by atoms with Gasteiger partial charge in [-0.25, -0.2) is 0 Å². The fourth-order valence-electron chi connectivity index (χ4n) is 1.67. The van der Waals surface area contributed by atoms with Gasteiger partial charge in [0.1, 0.15) is 11.8 Å². The van der Waals surface area contributed by atoms with Gasteiger partial charge < -0.3 is 10.3 Å². The van der Waals surface area contributed by atoms with Crippen molar-refractivity contribution in [2.75, 3.05) is 0 Å². The van der Waals surface area contributed by atoms with E-state index in [0.717, 1.165) is 0 Å². The smallest absolute Gasteiger partial charge is 0.125 e. The minimum absolute atomic E-state index is 0. The number of nitrogens with zero attached hydrogens (tertiary/aromatic N) is 1. The normalized spacial score (nSPS) is 12.6. The molecule has 1 unspecified atom stereocenters. The van der Waals surface area contributed by atoms with E-state index in [9.17, 15) is 5.11 Å². The zero-order valence-electron chi connectivity index (χ0n) is 9.49. The van der Waals surface area contributed by atoms with E-state index in [2.05, 4.69) is 5.16 Å². The van der Waals surface area contributed by atoms with E-state index in [1.54, 1.807) is 24.3 Å². The van der Waals surface area contributed by atoms with E-state index in [-0.39, 0.29) is 28.1 Å². The maximum Gasteiger partial charge on any atom is 0.125 e. The van der Waals surface area contributed by atoms with Gasteiger partial charge in [0.2, 0.25) is 0 Å². The zero-order valence-corrected chi connectivity index (χ0v) is 11.0. The molecule has 0 saturated heterocycles. The van der Waals surface area contributed by atoms with Crippen LogP contribution in [0.25, 0.3) is 0 Å². The van der Waals surface area contributed by atoms with Crippen molar-refractivity contribution in [3.05, 3.63) is 71.8 Å². The molecule has 0 aromatic heterocycles. The molecule has 97 valence electrons. The Kier molecular flexibility index (Phi) is 5.82. The van der Waals surface area contributed by atoms with Crippen LogP contribution in [-0.4, -0.2) is 16.0 Å². The van der Waals surface area contributed by atoms with Crippen LogP contribution in [0.2, 0.25) is 0 Å². The number of oxime groups is 1. The van der Waals surface area contributed by atoms with Gasteiger partial charge in [-0.2, -0.15) is 0 Å². The summed E-state index contributed by atoms with van der Waals surface area (Å²) in [5.41, 5.74) is 1.65. The van der Waals surface area contributed by atoms with Gasteiger partial charge in [-0.1, -0.05) is 65.8 Å². The first-order valence-corrected chi connectivity index (χ1v) is 5.33. The summed E-state index contributed by atoms with van der Waals surface area (Å²) in [5, 5.41) is 22.4. The first-order chi connectivity index (χ1) is 8.33. The van der Waals surface area contributed by atoms with Crippen molar-refractivity contribution < 1.29 is 32.7 Å². The second-order valence-corrected chi connectivity index (χ2v) is 3.66. The molecule has 1 atom stereocenters. The molecule has 0 fully saturated rings. The second kappa shape index (κ2) is 7.14. The molecule has 4 heteroatoms. The molecule has 2 aromatic rings. The molecule has 0 bridgehead atoms. The Morgan fingerprint density at radius 1 is 0.889 bits per heavy atom. The number of aliphatic hydroxyl groups excluding tert-OH is 1. The van der Waals surface area contributed by atoms with Crippen molar-refractivity contribution in [3.8, 4) is 0 Å². The Balaban J connectivity index is 0.00000162. The molecule has 0 saturated carbocycles. The standard InChI is InChI=1S/C14H13NO2.Ag/c16-14(12-9-5-2-6-10-12)13(15-17)11-7-3-1-4-8-11;/h1-10,14,16-17H;/b15-13+;. The van der Waals surface area contributed by atoms with Crippen LogP contribution in [-0.2, 0) is 22.4 Å². The average Bonchev–Trinajstić information content (AvgIpc) is 2.42. The van der Waals surface area contributed by atoms with Crippen molar-refractivity contribution in [1.82, 2.24) is 0 Å². The van der Waals surface area contributed by atoms with E-state index in [4.69, 9.17) is 5.21 Å². The van der Waals surface area contributed by atoms with Crippen LogP contribution in [0.3, 0.4) is 0 Å². The van der Waals surface area contributed by atoms with Gasteiger partial charge in [0.15, 0.2) is 0 Å². The van der Waals surface area contributed by atoms with Crippen molar-refractivity contribution in [2.24, 2.45) is 5.16 Å². The predicted octanol–water partition coefficient (Wildman–Crippen LogP) is 2.60. The molecule has 0 spiro atoms. The molecule has 0 amide bonds. The molecule has 0 heterocycles. The number of hydrogen-bond acceptors (Lipinski definition) is 3. The summed E-state index contributed by atoms with van der Waals surface area (Å²) in [6.45, 7) is 0. The van der Waals surface area contributed by atoms with E-state index in [0.29, 0.717) is 11.1 Å². The molecule has 0 aliphatic heterocycles. The Hall–Kier alpha value is -1.39. The van der Waals surface area contributed by atoms with Gasteiger partial charge in [-0.3, -0.25) is 0 Å². The minimum atomic E-state index is -0.927. The van der Waals surface area contributed by atoms with E-state index in [1.165, 1.54) is 0 Å². The molecular weight excluding hydrogens is 322 g/mol. The van der Waals surface area contributed by atoms with Gasteiger partial charge >= 0.3 is 0 Å². The number of aliphatic hydroxyl groups is 1. The molecule has 0 aliphatic rings. The van der Waals surface area contributed by atoms with Crippen LogP contribution in [0, 0.1) is 0 Å². The molecule has 1 radical (unpaired) electrons. The average molecular weight is 335 g/mol. The van der Waals surface area contributed by atoms with Gasteiger partial charge in [0.25, 0.3) is 0 Å². The third-order valence-corrected chi connectivity index (χ3v) is 2.55. The summed E-state index contributed by atoms with van der Waals surface area (Å²) >= 11 is 0. The summed E-state index contributed by atoms with van der Waals surface area (Å²) < 4.78 is 0. The van der Waals surface area contributed by atoms with Crippen molar-refractivity contribution in [2.45, 2.75) is 6.10 Å². The SMILES string of the molecule is O/N=C(\c1ccccc1)C(O)c1ccccc1.[Ag]. The third kappa shape index (κ3) is 3.31. The first-order valence-electron chi connectivity index (χ1n) is 5.33. The Morgan fingerprint density at radius 2 is 1.39 bits per heavy atom. The summed E-state index contributed by atoms with van der Waals surface area (Å²) in [5.74, 6) is 0. The van der Waals surface area contributed by atoms with Gasteiger partial charge in [0, 0.05) is 27.9 Å². The molecule has 3 nitrogen and oxygen atoms in total. The third-order valence-electron chi connectivity index (χ3n) is 2.55. The molecule has 2 aromatic carbocycles. The van der Waals surface area contributed by atoms with Gasteiger partial charge in [-0.15, -0.1) is 0 Å².